The molecule has 2 N–H and O–H groups in total. The molecule has 16 heavy (non-hydrogen) atoms. The predicted octanol–water partition coefficient (Wildman–Crippen LogP) is 0.870. The standard InChI is InChI=1S/C11H22N2O2S/c1-3-5-10(2)13-16(14,15)9-11-6-4-7-12-8-11/h3,10-13H,1,4-9H2,2H3. The molecular formula is C11H22N2O2S. The van der Waals surface area contributed by atoms with Crippen molar-refractivity contribution in [2.75, 3.05) is 18.8 Å². The molecule has 0 aromatic rings. The van der Waals surface area contributed by atoms with Gasteiger partial charge in [-0.05, 0) is 45.2 Å². The summed E-state index contributed by atoms with van der Waals surface area (Å²) in [5.41, 5.74) is 0. The van der Waals surface area contributed by atoms with E-state index in [0.29, 0.717) is 6.42 Å². The number of piperidine rings is 1. The van der Waals surface area contributed by atoms with Crippen molar-refractivity contribution in [3.05, 3.63) is 12.7 Å². The fraction of sp³-hybridized carbons (Fsp3) is 0.818. The maximum atomic E-state index is 11.8. The first kappa shape index (κ1) is 13.7. The lowest BCUT2D eigenvalue weighted by Gasteiger charge is -2.23. The molecule has 1 aliphatic heterocycles. The Morgan fingerprint density at radius 1 is 1.62 bits per heavy atom. The van der Waals surface area contributed by atoms with E-state index in [9.17, 15) is 8.42 Å². The van der Waals surface area contributed by atoms with E-state index in [0.717, 1.165) is 25.9 Å². The lowest BCUT2D eigenvalue weighted by atomic mass is 10.0. The second-order valence-electron chi connectivity index (χ2n) is 4.54. The van der Waals surface area contributed by atoms with Gasteiger partial charge in [0.15, 0.2) is 0 Å². The van der Waals surface area contributed by atoms with Crippen LogP contribution in [0.2, 0.25) is 0 Å². The fourth-order valence-electron chi connectivity index (χ4n) is 2.03. The zero-order valence-electron chi connectivity index (χ0n) is 9.91. The molecule has 0 spiro atoms. The van der Waals surface area contributed by atoms with Gasteiger partial charge in [-0.1, -0.05) is 6.08 Å². The van der Waals surface area contributed by atoms with E-state index in [4.69, 9.17) is 0 Å². The van der Waals surface area contributed by atoms with Gasteiger partial charge in [0.2, 0.25) is 10.0 Å². The largest absolute Gasteiger partial charge is 0.316 e. The molecule has 0 radical (unpaired) electrons. The van der Waals surface area contributed by atoms with Gasteiger partial charge in [-0.15, -0.1) is 6.58 Å². The maximum Gasteiger partial charge on any atom is 0.212 e. The normalized spacial score (nSPS) is 23.9. The van der Waals surface area contributed by atoms with Crippen LogP contribution in [0.4, 0.5) is 0 Å². The van der Waals surface area contributed by atoms with Crippen molar-refractivity contribution in [2.45, 2.75) is 32.2 Å². The third-order valence-corrected chi connectivity index (χ3v) is 4.43. The predicted molar refractivity (Wildman–Crippen MR) is 66.8 cm³/mol. The summed E-state index contributed by atoms with van der Waals surface area (Å²) in [7, 11) is -3.14. The van der Waals surface area contributed by atoms with Crippen molar-refractivity contribution >= 4 is 10.0 Å². The Labute approximate surface area is 98.6 Å². The van der Waals surface area contributed by atoms with Crippen molar-refractivity contribution < 1.29 is 8.42 Å². The van der Waals surface area contributed by atoms with Crippen LogP contribution in [0.3, 0.4) is 0 Å². The van der Waals surface area contributed by atoms with Gasteiger partial charge in [-0.25, -0.2) is 13.1 Å². The number of sulfonamides is 1. The molecule has 1 aliphatic rings. The third-order valence-electron chi connectivity index (χ3n) is 2.76. The zero-order valence-corrected chi connectivity index (χ0v) is 10.7. The number of rotatable bonds is 6. The van der Waals surface area contributed by atoms with E-state index in [1.807, 2.05) is 6.92 Å². The van der Waals surface area contributed by atoms with Gasteiger partial charge < -0.3 is 5.32 Å². The summed E-state index contributed by atoms with van der Waals surface area (Å²) < 4.78 is 26.3. The highest BCUT2D eigenvalue weighted by atomic mass is 32.2. The Morgan fingerprint density at radius 3 is 2.94 bits per heavy atom. The highest BCUT2D eigenvalue weighted by Gasteiger charge is 2.22. The highest BCUT2D eigenvalue weighted by molar-refractivity contribution is 7.89. The summed E-state index contributed by atoms with van der Waals surface area (Å²) in [6.07, 6.45) is 4.48. The van der Waals surface area contributed by atoms with Crippen molar-refractivity contribution in [1.82, 2.24) is 10.0 Å². The Bertz CT molecular complexity index is 308. The molecule has 0 saturated carbocycles. The number of nitrogens with one attached hydrogen (secondary N) is 2. The first-order chi connectivity index (χ1) is 7.53. The van der Waals surface area contributed by atoms with Crippen molar-refractivity contribution in [3.63, 3.8) is 0 Å². The average molecular weight is 246 g/mol. The minimum absolute atomic E-state index is 0.0564. The maximum absolute atomic E-state index is 11.8. The van der Waals surface area contributed by atoms with Gasteiger partial charge >= 0.3 is 0 Å². The Balaban J connectivity index is 2.40. The second kappa shape index (κ2) is 6.37. The van der Waals surface area contributed by atoms with E-state index >= 15 is 0 Å². The zero-order chi connectivity index (χ0) is 12.0. The molecule has 0 aliphatic carbocycles. The molecule has 1 fully saturated rings. The summed E-state index contributed by atoms with van der Waals surface area (Å²) in [5.74, 6) is 0.490. The Hall–Kier alpha value is -0.390. The molecule has 0 aromatic carbocycles. The number of hydrogen-bond donors (Lipinski definition) is 2. The SMILES string of the molecule is C=CCC(C)NS(=O)(=O)CC1CCCNC1. The quantitative estimate of drug-likeness (QED) is 0.684. The van der Waals surface area contributed by atoms with Crippen molar-refractivity contribution in [3.8, 4) is 0 Å². The molecule has 1 rings (SSSR count). The smallest absolute Gasteiger partial charge is 0.212 e. The van der Waals surface area contributed by atoms with Crippen LogP contribution in [0, 0.1) is 5.92 Å². The van der Waals surface area contributed by atoms with E-state index < -0.39 is 10.0 Å². The molecule has 94 valence electrons. The van der Waals surface area contributed by atoms with Crippen LogP contribution in [0.15, 0.2) is 12.7 Å². The van der Waals surface area contributed by atoms with Gasteiger partial charge in [0.25, 0.3) is 0 Å². The van der Waals surface area contributed by atoms with Gasteiger partial charge in [-0.2, -0.15) is 0 Å². The first-order valence-electron chi connectivity index (χ1n) is 5.85. The summed E-state index contributed by atoms with van der Waals surface area (Å²) in [6, 6.07) is -0.0564. The fourth-order valence-corrected chi connectivity index (χ4v) is 3.74. The van der Waals surface area contributed by atoms with Crippen LogP contribution in [-0.2, 0) is 10.0 Å². The number of hydrogen-bond acceptors (Lipinski definition) is 3. The third kappa shape index (κ3) is 5.09. The van der Waals surface area contributed by atoms with Crippen LogP contribution in [0.1, 0.15) is 26.2 Å². The van der Waals surface area contributed by atoms with E-state index in [2.05, 4.69) is 16.6 Å². The molecule has 4 nitrogen and oxygen atoms in total. The van der Waals surface area contributed by atoms with Crippen LogP contribution in [-0.4, -0.2) is 33.3 Å². The highest BCUT2D eigenvalue weighted by Crippen LogP contribution is 2.12. The summed E-state index contributed by atoms with van der Waals surface area (Å²) >= 11 is 0. The van der Waals surface area contributed by atoms with Crippen molar-refractivity contribution in [2.24, 2.45) is 5.92 Å². The second-order valence-corrected chi connectivity index (χ2v) is 6.34. The summed E-state index contributed by atoms with van der Waals surface area (Å²) in [5, 5.41) is 3.23. The first-order valence-corrected chi connectivity index (χ1v) is 7.50. The van der Waals surface area contributed by atoms with Gasteiger partial charge in [0.05, 0.1) is 5.75 Å². The molecule has 0 amide bonds. The lowest BCUT2D eigenvalue weighted by molar-refractivity contribution is 0.402. The summed E-state index contributed by atoms with van der Waals surface area (Å²) in [4.78, 5) is 0. The average Bonchev–Trinajstić information content (AvgIpc) is 2.17. The van der Waals surface area contributed by atoms with Gasteiger partial charge in [0, 0.05) is 6.04 Å². The minimum atomic E-state index is -3.14. The van der Waals surface area contributed by atoms with E-state index in [1.54, 1.807) is 6.08 Å². The summed E-state index contributed by atoms with van der Waals surface area (Å²) in [6.45, 7) is 7.29. The van der Waals surface area contributed by atoms with Crippen LogP contribution >= 0.6 is 0 Å². The molecule has 1 saturated heterocycles. The minimum Gasteiger partial charge on any atom is -0.316 e. The van der Waals surface area contributed by atoms with Crippen molar-refractivity contribution in [1.29, 1.82) is 0 Å². The van der Waals surface area contributed by atoms with Crippen LogP contribution < -0.4 is 10.0 Å². The topological polar surface area (TPSA) is 58.2 Å². The molecule has 5 heteroatoms. The molecular weight excluding hydrogens is 224 g/mol. The lowest BCUT2D eigenvalue weighted by Crippen LogP contribution is -2.40. The van der Waals surface area contributed by atoms with Gasteiger partial charge in [-0.3, -0.25) is 0 Å². The van der Waals surface area contributed by atoms with Crippen LogP contribution in [0.5, 0.6) is 0 Å². The van der Waals surface area contributed by atoms with Crippen LogP contribution in [0.25, 0.3) is 0 Å². The molecule has 2 atom stereocenters. The van der Waals surface area contributed by atoms with E-state index in [1.165, 1.54) is 0 Å². The molecule has 2 unspecified atom stereocenters. The molecule has 0 aromatic heterocycles. The Morgan fingerprint density at radius 2 is 2.38 bits per heavy atom. The van der Waals surface area contributed by atoms with Gasteiger partial charge in [0.1, 0.15) is 0 Å². The molecule has 1 heterocycles. The monoisotopic (exact) mass is 246 g/mol. The Kier molecular flexibility index (Phi) is 5.44. The molecule has 0 bridgehead atoms. The van der Waals surface area contributed by atoms with E-state index in [-0.39, 0.29) is 17.7 Å².